The van der Waals surface area contributed by atoms with Crippen molar-refractivity contribution in [2.75, 3.05) is 7.11 Å². The van der Waals surface area contributed by atoms with Crippen molar-refractivity contribution >= 4 is 29.3 Å². The van der Waals surface area contributed by atoms with E-state index in [1.165, 1.54) is 0 Å². The number of carboxylic acid groups (broad SMARTS) is 1. The van der Waals surface area contributed by atoms with Crippen LogP contribution in [0.3, 0.4) is 0 Å². The minimum Gasteiger partial charge on any atom is -0.496 e. The van der Waals surface area contributed by atoms with Crippen LogP contribution in [0.2, 0.25) is 0 Å². The van der Waals surface area contributed by atoms with Gasteiger partial charge in [-0.25, -0.2) is 4.98 Å². The number of carbonyl (C=O) groups is 1. The zero-order valence-corrected chi connectivity index (χ0v) is 17.6. The number of para-hydroxylation sites is 1. The summed E-state index contributed by atoms with van der Waals surface area (Å²) in [7, 11) is 1.62. The zero-order chi connectivity index (χ0) is 20.4. The fourth-order valence-corrected chi connectivity index (χ4v) is 3.74. The van der Waals surface area contributed by atoms with Crippen LogP contribution in [0.25, 0.3) is 33.3 Å². The molecule has 1 aromatic heterocycles. The Balaban J connectivity index is 0.00000256. The summed E-state index contributed by atoms with van der Waals surface area (Å²) in [5.41, 5.74) is 5.87. The molecule has 5 heteroatoms. The third kappa shape index (κ3) is 4.00. The Morgan fingerprint density at radius 3 is 2.40 bits per heavy atom. The van der Waals surface area contributed by atoms with Gasteiger partial charge in [0, 0.05) is 10.9 Å². The Hall–Kier alpha value is -3.37. The van der Waals surface area contributed by atoms with E-state index in [4.69, 9.17) is 9.72 Å². The molecule has 0 spiro atoms. The fraction of sp³-hybridized carbons (Fsp3) is 0.120. The van der Waals surface area contributed by atoms with Crippen LogP contribution in [0.4, 0.5) is 0 Å². The highest BCUT2D eigenvalue weighted by molar-refractivity contribution is 6.01. The van der Waals surface area contributed by atoms with Crippen LogP contribution in [-0.4, -0.2) is 23.2 Å². The maximum atomic E-state index is 11.8. The number of carboxylic acids is 1. The predicted molar refractivity (Wildman–Crippen MR) is 122 cm³/mol. The van der Waals surface area contributed by atoms with E-state index in [1.807, 2.05) is 79.7 Å². The van der Waals surface area contributed by atoms with Gasteiger partial charge in [-0.05, 0) is 41.8 Å². The largest absolute Gasteiger partial charge is 0.496 e. The van der Waals surface area contributed by atoms with Crippen LogP contribution in [0, 0.1) is 6.92 Å². The van der Waals surface area contributed by atoms with E-state index in [0.717, 1.165) is 33.2 Å². The van der Waals surface area contributed by atoms with E-state index in [2.05, 4.69) is 0 Å². The van der Waals surface area contributed by atoms with E-state index >= 15 is 0 Å². The van der Waals surface area contributed by atoms with Gasteiger partial charge in [0.05, 0.1) is 24.7 Å². The molecule has 0 atom stereocenters. The molecule has 1 N–H and O–H groups in total. The first kappa shape index (κ1) is 21.3. The third-order valence-corrected chi connectivity index (χ3v) is 4.99. The van der Waals surface area contributed by atoms with Crippen molar-refractivity contribution in [3.63, 3.8) is 0 Å². The van der Waals surface area contributed by atoms with Crippen LogP contribution < -0.4 is 4.74 Å². The number of pyridine rings is 1. The molecule has 0 radical (unpaired) electrons. The number of fused-ring (bicyclic) bond motifs is 1. The number of benzene rings is 3. The summed E-state index contributed by atoms with van der Waals surface area (Å²) in [6.45, 7) is 2.00. The van der Waals surface area contributed by atoms with Crippen LogP contribution in [0.5, 0.6) is 5.75 Å². The summed E-state index contributed by atoms with van der Waals surface area (Å²) < 4.78 is 5.58. The molecule has 0 aliphatic heterocycles. The maximum Gasteiger partial charge on any atom is 0.307 e. The number of nitrogens with zero attached hydrogens (tertiary/aromatic N) is 1. The Morgan fingerprint density at radius 2 is 1.70 bits per heavy atom. The molecule has 0 saturated heterocycles. The van der Waals surface area contributed by atoms with E-state index in [1.54, 1.807) is 7.11 Å². The van der Waals surface area contributed by atoms with Crippen LogP contribution in [-0.2, 0) is 11.2 Å². The molecular formula is C25H22ClNO3. The van der Waals surface area contributed by atoms with Gasteiger partial charge >= 0.3 is 5.97 Å². The molecule has 4 nitrogen and oxygen atoms in total. The lowest BCUT2D eigenvalue weighted by Gasteiger charge is -2.18. The van der Waals surface area contributed by atoms with Gasteiger partial charge < -0.3 is 9.84 Å². The van der Waals surface area contributed by atoms with Gasteiger partial charge in [-0.2, -0.15) is 0 Å². The van der Waals surface area contributed by atoms with Gasteiger partial charge in [0.1, 0.15) is 5.75 Å². The summed E-state index contributed by atoms with van der Waals surface area (Å²) in [5.74, 6) is -0.226. The second-order valence-electron chi connectivity index (χ2n) is 6.97. The van der Waals surface area contributed by atoms with Gasteiger partial charge in [0.15, 0.2) is 0 Å². The van der Waals surface area contributed by atoms with Gasteiger partial charge in [0.25, 0.3) is 0 Å². The monoisotopic (exact) mass is 419 g/mol. The maximum absolute atomic E-state index is 11.8. The van der Waals surface area contributed by atoms with Crippen molar-refractivity contribution in [1.29, 1.82) is 0 Å². The molecule has 0 amide bonds. The summed E-state index contributed by atoms with van der Waals surface area (Å²) in [6, 6.07) is 23.6. The van der Waals surface area contributed by atoms with Gasteiger partial charge in [-0.15, -0.1) is 12.4 Å². The van der Waals surface area contributed by atoms with Crippen molar-refractivity contribution in [3.8, 4) is 28.1 Å². The summed E-state index contributed by atoms with van der Waals surface area (Å²) >= 11 is 0. The highest BCUT2D eigenvalue weighted by Crippen LogP contribution is 2.40. The lowest BCUT2D eigenvalue weighted by atomic mass is 9.90. The average molecular weight is 420 g/mol. The molecule has 0 fully saturated rings. The molecule has 3 aromatic carbocycles. The van der Waals surface area contributed by atoms with Crippen LogP contribution in [0.15, 0.2) is 72.8 Å². The topological polar surface area (TPSA) is 59.4 Å². The smallest absolute Gasteiger partial charge is 0.307 e. The number of methoxy groups -OCH3 is 1. The normalized spacial score (nSPS) is 10.5. The number of halogens is 1. The van der Waals surface area contributed by atoms with Crippen molar-refractivity contribution in [3.05, 3.63) is 83.9 Å². The van der Waals surface area contributed by atoms with Gasteiger partial charge in [-0.1, -0.05) is 60.2 Å². The first-order chi connectivity index (χ1) is 14.1. The van der Waals surface area contributed by atoms with Crippen LogP contribution in [0.1, 0.15) is 11.1 Å². The third-order valence-electron chi connectivity index (χ3n) is 4.99. The SMILES string of the molecule is COc1ccc(C)cc1-c1nc2ccccc2c(-c2ccccc2)c1CC(=O)O.Cl. The average Bonchev–Trinajstić information content (AvgIpc) is 2.73. The van der Waals surface area contributed by atoms with Crippen molar-refractivity contribution in [2.45, 2.75) is 13.3 Å². The molecule has 0 aliphatic rings. The van der Waals surface area contributed by atoms with Crippen LogP contribution >= 0.6 is 12.4 Å². The minimum absolute atomic E-state index is 0. The zero-order valence-electron chi connectivity index (χ0n) is 16.8. The van der Waals surface area contributed by atoms with E-state index in [0.29, 0.717) is 17.0 Å². The minimum atomic E-state index is -0.896. The van der Waals surface area contributed by atoms with E-state index in [-0.39, 0.29) is 18.8 Å². The molecule has 1 heterocycles. The molecule has 0 saturated carbocycles. The van der Waals surface area contributed by atoms with E-state index < -0.39 is 5.97 Å². The molecule has 4 aromatic rings. The standard InChI is InChI=1S/C25H21NO3.ClH/c1-16-12-13-22(29-2)19(14-16)25-20(15-23(27)28)24(17-8-4-3-5-9-17)18-10-6-7-11-21(18)26-25;/h3-14H,15H2,1-2H3,(H,27,28);1H. The highest BCUT2D eigenvalue weighted by atomic mass is 35.5. The van der Waals surface area contributed by atoms with Crippen molar-refractivity contribution in [2.24, 2.45) is 0 Å². The molecule has 0 bridgehead atoms. The summed E-state index contributed by atoms with van der Waals surface area (Å²) in [5, 5.41) is 10.6. The molecule has 30 heavy (non-hydrogen) atoms. The number of hydrogen-bond acceptors (Lipinski definition) is 3. The Kier molecular flexibility index (Phi) is 6.38. The van der Waals surface area contributed by atoms with Crippen molar-refractivity contribution < 1.29 is 14.6 Å². The van der Waals surface area contributed by atoms with Gasteiger partial charge in [0.2, 0.25) is 0 Å². The summed E-state index contributed by atoms with van der Waals surface area (Å²) in [4.78, 5) is 16.7. The summed E-state index contributed by atoms with van der Waals surface area (Å²) in [6.07, 6.45) is -0.130. The Labute approximate surface area is 181 Å². The highest BCUT2D eigenvalue weighted by Gasteiger charge is 2.21. The van der Waals surface area contributed by atoms with Gasteiger partial charge in [-0.3, -0.25) is 4.79 Å². The Morgan fingerprint density at radius 1 is 1.00 bits per heavy atom. The first-order valence-corrected chi connectivity index (χ1v) is 9.42. The fourth-order valence-electron chi connectivity index (χ4n) is 3.74. The van der Waals surface area contributed by atoms with E-state index in [9.17, 15) is 9.90 Å². The predicted octanol–water partition coefficient (Wildman–Crippen LogP) is 5.93. The molecule has 4 rings (SSSR count). The quantitative estimate of drug-likeness (QED) is 0.435. The first-order valence-electron chi connectivity index (χ1n) is 9.42. The lowest BCUT2D eigenvalue weighted by molar-refractivity contribution is -0.136. The Bertz CT molecular complexity index is 1210. The number of aryl methyl sites for hydroxylation is 1. The number of ether oxygens (including phenoxy) is 1. The number of rotatable bonds is 5. The number of hydrogen-bond donors (Lipinski definition) is 1. The number of aromatic nitrogens is 1. The second-order valence-corrected chi connectivity index (χ2v) is 6.97. The molecule has 0 unspecified atom stereocenters. The molecule has 0 aliphatic carbocycles. The molecule has 152 valence electrons. The number of aliphatic carboxylic acids is 1. The van der Waals surface area contributed by atoms with Crippen molar-refractivity contribution in [1.82, 2.24) is 4.98 Å². The molecular weight excluding hydrogens is 398 g/mol. The lowest BCUT2D eigenvalue weighted by Crippen LogP contribution is -2.07. The second kappa shape index (κ2) is 8.97.